The molecule has 3 atom stereocenters. The Kier molecular flexibility index (Phi) is 3.94. The molecule has 1 fully saturated rings. The van der Waals surface area contributed by atoms with Gasteiger partial charge in [0.05, 0.1) is 6.10 Å². The Morgan fingerprint density at radius 3 is 2.94 bits per heavy atom. The number of aromatic nitrogens is 1. The van der Waals surface area contributed by atoms with Gasteiger partial charge in [-0.25, -0.2) is 0 Å². The van der Waals surface area contributed by atoms with Crippen molar-refractivity contribution in [2.24, 2.45) is 11.8 Å². The van der Waals surface area contributed by atoms with Gasteiger partial charge < -0.3 is 5.11 Å². The van der Waals surface area contributed by atoms with Crippen LogP contribution in [0.2, 0.25) is 0 Å². The molecular weight excluding hydrogens is 198 g/mol. The van der Waals surface area contributed by atoms with Crippen molar-refractivity contribution in [2.45, 2.75) is 45.1 Å². The second kappa shape index (κ2) is 5.44. The number of pyridine rings is 1. The first kappa shape index (κ1) is 11.6. The summed E-state index contributed by atoms with van der Waals surface area (Å²) in [6.45, 7) is 2.25. The second-order valence-electron chi connectivity index (χ2n) is 4.94. The SMILES string of the molecule is CCC1CCC(C(O)Cc2ccccn2)C1. The Morgan fingerprint density at radius 2 is 2.31 bits per heavy atom. The molecule has 0 aliphatic heterocycles. The predicted molar refractivity (Wildman–Crippen MR) is 65.1 cm³/mol. The fourth-order valence-electron chi connectivity index (χ4n) is 2.73. The van der Waals surface area contributed by atoms with E-state index in [4.69, 9.17) is 0 Å². The van der Waals surface area contributed by atoms with Crippen LogP contribution in [0.3, 0.4) is 0 Å². The number of nitrogens with zero attached hydrogens (tertiary/aromatic N) is 1. The largest absolute Gasteiger partial charge is 0.392 e. The van der Waals surface area contributed by atoms with Crippen molar-refractivity contribution in [2.75, 3.05) is 0 Å². The lowest BCUT2D eigenvalue weighted by Gasteiger charge is -2.17. The molecule has 2 rings (SSSR count). The Balaban J connectivity index is 1.87. The quantitative estimate of drug-likeness (QED) is 0.844. The van der Waals surface area contributed by atoms with E-state index in [9.17, 15) is 5.11 Å². The van der Waals surface area contributed by atoms with Crippen LogP contribution in [0.4, 0.5) is 0 Å². The molecule has 3 unspecified atom stereocenters. The van der Waals surface area contributed by atoms with Crippen LogP contribution in [-0.4, -0.2) is 16.2 Å². The molecule has 0 amide bonds. The summed E-state index contributed by atoms with van der Waals surface area (Å²) in [6.07, 6.45) is 7.24. The van der Waals surface area contributed by atoms with Crippen molar-refractivity contribution in [1.82, 2.24) is 4.98 Å². The van der Waals surface area contributed by atoms with Crippen molar-refractivity contribution in [1.29, 1.82) is 0 Å². The van der Waals surface area contributed by atoms with Gasteiger partial charge >= 0.3 is 0 Å². The topological polar surface area (TPSA) is 33.1 Å². The van der Waals surface area contributed by atoms with Gasteiger partial charge in [0.1, 0.15) is 0 Å². The van der Waals surface area contributed by atoms with E-state index in [1.807, 2.05) is 18.2 Å². The minimum atomic E-state index is -0.202. The normalized spacial score (nSPS) is 26.9. The van der Waals surface area contributed by atoms with E-state index >= 15 is 0 Å². The maximum Gasteiger partial charge on any atom is 0.0623 e. The summed E-state index contributed by atoms with van der Waals surface area (Å²) in [6, 6.07) is 5.90. The number of aliphatic hydroxyl groups is 1. The molecule has 1 heterocycles. The number of aliphatic hydroxyl groups excluding tert-OH is 1. The molecule has 0 radical (unpaired) electrons. The maximum atomic E-state index is 10.2. The standard InChI is InChI=1S/C14H21NO/c1-2-11-6-7-12(9-11)14(16)10-13-5-3-4-8-15-13/h3-5,8,11-12,14,16H,2,6-7,9-10H2,1H3. The van der Waals surface area contributed by atoms with Gasteiger partial charge in [0.2, 0.25) is 0 Å². The van der Waals surface area contributed by atoms with Crippen LogP contribution in [-0.2, 0) is 6.42 Å². The van der Waals surface area contributed by atoms with Gasteiger partial charge in [-0.1, -0.05) is 25.8 Å². The fraction of sp³-hybridized carbons (Fsp3) is 0.643. The lowest BCUT2D eigenvalue weighted by molar-refractivity contribution is 0.107. The molecular formula is C14H21NO. The van der Waals surface area contributed by atoms with Gasteiger partial charge in [-0.2, -0.15) is 0 Å². The van der Waals surface area contributed by atoms with Crippen molar-refractivity contribution < 1.29 is 5.11 Å². The number of rotatable bonds is 4. The maximum absolute atomic E-state index is 10.2. The third kappa shape index (κ3) is 2.82. The Labute approximate surface area is 97.7 Å². The number of hydrogen-bond acceptors (Lipinski definition) is 2. The average molecular weight is 219 g/mol. The van der Waals surface area contributed by atoms with Gasteiger partial charge in [-0.05, 0) is 36.8 Å². The smallest absolute Gasteiger partial charge is 0.0623 e. The minimum absolute atomic E-state index is 0.202. The highest BCUT2D eigenvalue weighted by Crippen LogP contribution is 2.35. The van der Waals surface area contributed by atoms with Crippen LogP contribution in [0.5, 0.6) is 0 Å². The van der Waals surface area contributed by atoms with Crippen LogP contribution in [0.15, 0.2) is 24.4 Å². The third-order valence-corrected chi connectivity index (χ3v) is 3.85. The molecule has 1 aromatic heterocycles. The van der Waals surface area contributed by atoms with E-state index in [0.29, 0.717) is 12.3 Å². The van der Waals surface area contributed by atoms with E-state index in [1.165, 1.54) is 25.7 Å². The summed E-state index contributed by atoms with van der Waals surface area (Å²) in [5.74, 6) is 1.33. The van der Waals surface area contributed by atoms with Crippen molar-refractivity contribution >= 4 is 0 Å². The summed E-state index contributed by atoms with van der Waals surface area (Å²) in [5, 5.41) is 10.2. The third-order valence-electron chi connectivity index (χ3n) is 3.85. The molecule has 1 aromatic rings. The molecule has 16 heavy (non-hydrogen) atoms. The first-order chi connectivity index (χ1) is 7.79. The molecule has 88 valence electrons. The van der Waals surface area contributed by atoms with Gasteiger partial charge in [0, 0.05) is 18.3 Å². The molecule has 1 saturated carbocycles. The zero-order valence-corrected chi connectivity index (χ0v) is 9.97. The molecule has 0 aromatic carbocycles. The van der Waals surface area contributed by atoms with Gasteiger partial charge in [-0.3, -0.25) is 4.98 Å². The minimum Gasteiger partial charge on any atom is -0.392 e. The summed E-state index contributed by atoms with van der Waals surface area (Å²) in [4.78, 5) is 4.27. The van der Waals surface area contributed by atoms with Crippen LogP contribution < -0.4 is 0 Å². The van der Waals surface area contributed by atoms with E-state index in [-0.39, 0.29) is 6.10 Å². The summed E-state index contributed by atoms with van der Waals surface area (Å²) in [5.41, 5.74) is 1.01. The molecule has 0 spiro atoms. The monoisotopic (exact) mass is 219 g/mol. The first-order valence-corrected chi connectivity index (χ1v) is 6.37. The molecule has 2 heteroatoms. The van der Waals surface area contributed by atoms with Crippen molar-refractivity contribution in [3.8, 4) is 0 Å². The Morgan fingerprint density at radius 1 is 1.44 bits per heavy atom. The van der Waals surface area contributed by atoms with Crippen molar-refractivity contribution in [3.63, 3.8) is 0 Å². The molecule has 2 nitrogen and oxygen atoms in total. The summed E-state index contributed by atoms with van der Waals surface area (Å²) < 4.78 is 0. The predicted octanol–water partition coefficient (Wildman–Crippen LogP) is 2.81. The van der Waals surface area contributed by atoms with Gasteiger partial charge in [-0.15, -0.1) is 0 Å². The fourth-order valence-corrected chi connectivity index (χ4v) is 2.73. The van der Waals surface area contributed by atoms with Crippen LogP contribution in [0, 0.1) is 11.8 Å². The van der Waals surface area contributed by atoms with Crippen LogP contribution in [0.25, 0.3) is 0 Å². The van der Waals surface area contributed by atoms with Crippen LogP contribution in [0.1, 0.15) is 38.3 Å². The summed E-state index contributed by atoms with van der Waals surface area (Å²) in [7, 11) is 0. The van der Waals surface area contributed by atoms with Crippen LogP contribution >= 0.6 is 0 Å². The van der Waals surface area contributed by atoms with E-state index in [2.05, 4.69) is 11.9 Å². The molecule has 0 bridgehead atoms. The zero-order valence-electron chi connectivity index (χ0n) is 9.97. The van der Waals surface area contributed by atoms with E-state index in [0.717, 1.165) is 11.6 Å². The lowest BCUT2D eigenvalue weighted by Crippen LogP contribution is -2.21. The molecule has 1 aliphatic rings. The Bertz CT molecular complexity index is 312. The van der Waals surface area contributed by atoms with E-state index < -0.39 is 0 Å². The Hall–Kier alpha value is -0.890. The zero-order chi connectivity index (χ0) is 11.4. The highest BCUT2D eigenvalue weighted by molar-refractivity contribution is 5.05. The molecule has 1 aliphatic carbocycles. The molecule has 1 N–H and O–H groups in total. The number of hydrogen-bond donors (Lipinski definition) is 1. The lowest BCUT2D eigenvalue weighted by atomic mass is 9.95. The van der Waals surface area contributed by atoms with E-state index in [1.54, 1.807) is 6.20 Å². The summed E-state index contributed by atoms with van der Waals surface area (Å²) >= 11 is 0. The molecule has 0 saturated heterocycles. The van der Waals surface area contributed by atoms with Gasteiger partial charge in [0.15, 0.2) is 0 Å². The highest BCUT2D eigenvalue weighted by Gasteiger charge is 2.28. The second-order valence-corrected chi connectivity index (χ2v) is 4.94. The highest BCUT2D eigenvalue weighted by atomic mass is 16.3. The van der Waals surface area contributed by atoms with Crippen molar-refractivity contribution in [3.05, 3.63) is 30.1 Å². The first-order valence-electron chi connectivity index (χ1n) is 6.37. The van der Waals surface area contributed by atoms with Gasteiger partial charge in [0.25, 0.3) is 0 Å². The average Bonchev–Trinajstić information content (AvgIpc) is 2.79.